The van der Waals surface area contributed by atoms with Gasteiger partial charge in [0.25, 0.3) is 0 Å². The van der Waals surface area contributed by atoms with E-state index < -0.39 is 0 Å². The third-order valence-corrected chi connectivity index (χ3v) is 4.21. The normalized spacial score (nSPS) is 10.3. The van der Waals surface area contributed by atoms with Crippen LogP contribution in [0.25, 0.3) is 0 Å². The summed E-state index contributed by atoms with van der Waals surface area (Å²) in [5.41, 5.74) is 7.92. The molecule has 1 amide bonds. The van der Waals surface area contributed by atoms with Crippen LogP contribution in [0.3, 0.4) is 0 Å². The van der Waals surface area contributed by atoms with E-state index in [0.717, 1.165) is 10.5 Å². The van der Waals surface area contributed by atoms with Gasteiger partial charge in [-0.2, -0.15) is 0 Å². The average molecular weight is 307 g/mol. The summed E-state index contributed by atoms with van der Waals surface area (Å²) < 4.78 is 0. The number of nitrogens with one attached hydrogen (secondary N) is 1. The molecule has 0 heterocycles. The van der Waals surface area contributed by atoms with Crippen LogP contribution in [0.5, 0.6) is 0 Å². The molecule has 0 unspecified atom stereocenters. The van der Waals surface area contributed by atoms with Gasteiger partial charge >= 0.3 is 0 Å². The molecule has 2 aromatic rings. The van der Waals surface area contributed by atoms with E-state index in [1.54, 1.807) is 18.2 Å². The van der Waals surface area contributed by atoms with Crippen molar-refractivity contribution in [2.24, 2.45) is 0 Å². The van der Waals surface area contributed by atoms with Crippen LogP contribution in [0.2, 0.25) is 5.02 Å². The molecule has 0 saturated heterocycles. The van der Waals surface area contributed by atoms with Crippen molar-refractivity contribution in [3.05, 3.63) is 53.1 Å². The molecule has 2 rings (SSSR count). The fourth-order valence-electron chi connectivity index (χ4n) is 1.68. The van der Waals surface area contributed by atoms with Gasteiger partial charge in [0.1, 0.15) is 0 Å². The first-order valence-corrected chi connectivity index (χ1v) is 7.46. The number of carbonyl (C=O) groups is 1. The maximum Gasteiger partial charge on any atom is 0.234 e. The zero-order valence-corrected chi connectivity index (χ0v) is 12.6. The molecule has 0 fully saturated rings. The van der Waals surface area contributed by atoms with Crippen molar-refractivity contribution >= 4 is 40.6 Å². The molecular formula is C15H15ClN2OS. The van der Waals surface area contributed by atoms with Gasteiger partial charge in [0.05, 0.1) is 16.5 Å². The molecule has 0 spiro atoms. The first kappa shape index (κ1) is 14.8. The zero-order chi connectivity index (χ0) is 14.5. The van der Waals surface area contributed by atoms with Gasteiger partial charge in [0.2, 0.25) is 5.91 Å². The molecule has 5 heteroatoms. The van der Waals surface area contributed by atoms with E-state index in [0.29, 0.717) is 22.2 Å². The van der Waals surface area contributed by atoms with Gasteiger partial charge in [-0.3, -0.25) is 4.79 Å². The molecule has 20 heavy (non-hydrogen) atoms. The summed E-state index contributed by atoms with van der Waals surface area (Å²) in [7, 11) is 0. The van der Waals surface area contributed by atoms with Crippen molar-refractivity contribution in [2.45, 2.75) is 11.8 Å². The third kappa shape index (κ3) is 3.92. The van der Waals surface area contributed by atoms with Crippen molar-refractivity contribution < 1.29 is 4.79 Å². The smallest absolute Gasteiger partial charge is 0.234 e. The Morgan fingerprint density at radius 1 is 1.30 bits per heavy atom. The van der Waals surface area contributed by atoms with Crippen molar-refractivity contribution in [2.75, 3.05) is 16.8 Å². The van der Waals surface area contributed by atoms with Gasteiger partial charge < -0.3 is 11.1 Å². The summed E-state index contributed by atoms with van der Waals surface area (Å²) in [6.45, 7) is 2.02. The number of nitrogens with two attached hydrogens (primary N) is 1. The molecule has 0 radical (unpaired) electrons. The largest absolute Gasteiger partial charge is 0.399 e. The molecule has 0 aliphatic carbocycles. The zero-order valence-electron chi connectivity index (χ0n) is 11.0. The molecule has 104 valence electrons. The van der Waals surface area contributed by atoms with E-state index in [2.05, 4.69) is 5.32 Å². The van der Waals surface area contributed by atoms with Gasteiger partial charge in [0.15, 0.2) is 0 Å². The Kier molecular flexibility index (Phi) is 4.93. The summed E-state index contributed by atoms with van der Waals surface area (Å²) in [6, 6.07) is 13.0. The molecule has 0 aliphatic heterocycles. The second kappa shape index (κ2) is 6.68. The lowest BCUT2D eigenvalue weighted by atomic mass is 10.2. The summed E-state index contributed by atoms with van der Waals surface area (Å²) in [4.78, 5) is 13.0. The first-order valence-electron chi connectivity index (χ1n) is 6.09. The minimum Gasteiger partial charge on any atom is -0.399 e. The SMILES string of the molecule is Cc1ccccc1SCC(=O)Nc1ccc(N)cc1Cl. The van der Waals surface area contributed by atoms with Crippen LogP contribution in [-0.2, 0) is 4.79 Å². The number of anilines is 2. The number of hydrogen-bond donors (Lipinski definition) is 2. The van der Waals surface area contributed by atoms with Crippen molar-refractivity contribution in [1.82, 2.24) is 0 Å². The Balaban J connectivity index is 1.94. The highest BCUT2D eigenvalue weighted by molar-refractivity contribution is 8.00. The standard InChI is InChI=1S/C15H15ClN2OS/c1-10-4-2-3-5-14(10)20-9-15(19)18-13-7-6-11(17)8-12(13)16/h2-8H,9,17H2,1H3,(H,18,19). The van der Waals surface area contributed by atoms with E-state index in [-0.39, 0.29) is 5.91 Å². The summed E-state index contributed by atoms with van der Waals surface area (Å²) in [6.07, 6.45) is 0. The van der Waals surface area contributed by atoms with Gasteiger partial charge in [0, 0.05) is 10.6 Å². The van der Waals surface area contributed by atoms with E-state index in [1.165, 1.54) is 11.8 Å². The maximum absolute atomic E-state index is 11.9. The number of benzene rings is 2. The van der Waals surface area contributed by atoms with E-state index in [4.69, 9.17) is 17.3 Å². The molecule has 3 N–H and O–H groups in total. The molecular weight excluding hydrogens is 292 g/mol. The topological polar surface area (TPSA) is 55.1 Å². The highest BCUT2D eigenvalue weighted by atomic mass is 35.5. The Morgan fingerprint density at radius 2 is 2.05 bits per heavy atom. The van der Waals surface area contributed by atoms with Crippen molar-refractivity contribution in [1.29, 1.82) is 0 Å². The molecule has 0 aromatic heterocycles. The van der Waals surface area contributed by atoms with E-state index in [9.17, 15) is 4.79 Å². The summed E-state index contributed by atoms with van der Waals surface area (Å²) in [5.74, 6) is 0.246. The van der Waals surface area contributed by atoms with Crippen molar-refractivity contribution in [3.63, 3.8) is 0 Å². The number of nitrogen functional groups attached to an aromatic ring is 1. The number of halogens is 1. The second-order valence-electron chi connectivity index (χ2n) is 4.34. The number of thioether (sulfide) groups is 1. The van der Waals surface area contributed by atoms with Gasteiger partial charge in [-0.05, 0) is 36.8 Å². The number of aryl methyl sites for hydroxylation is 1. The van der Waals surface area contributed by atoms with Crippen LogP contribution >= 0.6 is 23.4 Å². The Hall–Kier alpha value is -1.65. The predicted molar refractivity (Wildman–Crippen MR) is 86.4 cm³/mol. The fourth-order valence-corrected chi connectivity index (χ4v) is 2.75. The third-order valence-electron chi connectivity index (χ3n) is 2.72. The Bertz CT molecular complexity index is 631. The maximum atomic E-state index is 11.9. The highest BCUT2D eigenvalue weighted by Gasteiger charge is 2.07. The van der Waals surface area contributed by atoms with Crippen LogP contribution < -0.4 is 11.1 Å². The van der Waals surface area contributed by atoms with Crippen LogP contribution in [-0.4, -0.2) is 11.7 Å². The Labute approximate surface area is 127 Å². The predicted octanol–water partition coefficient (Wildman–Crippen LogP) is 3.96. The molecule has 0 saturated carbocycles. The second-order valence-corrected chi connectivity index (χ2v) is 5.77. The Morgan fingerprint density at radius 3 is 2.75 bits per heavy atom. The monoisotopic (exact) mass is 306 g/mol. The number of carbonyl (C=O) groups excluding carboxylic acids is 1. The van der Waals surface area contributed by atoms with Crippen LogP contribution in [0.1, 0.15) is 5.56 Å². The minimum atomic E-state index is -0.0927. The van der Waals surface area contributed by atoms with E-state index in [1.807, 2.05) is 31.2 Å². The quantitative estimate of drug-likeness (QED) is 0.664. The lowest BCUT2D eigenvalue weighted by Gasteiger charge is -2.08. The number of amides is 1. The average Bonchev–Trinajstić information content (AvgIpc) is 2.41. The lowest BCUT2D eigenvalue weighted by Crippen LogP contribution is -2.14. The minimum absolute atomic E-state index is 0.0927. The molecule has 0 aliphatic rings. The van der Waals surface area contributed by atoms with Crippen LogP contribution in [0, 0.1) is 6.92 Å². The first-order chi connectivity index (χ1) is 9.56. The molecule has 2 aromatic carbocycles. The fraction of sp³-hybridized carbons (Fsp3) is 0.133. The number of rotatable bonds is 4. The molecule has 0 bridgehead atoms. The molecule has 0 atom stereocenters. The van der Waals surface area contributed by atoms with Gasteiger partial charge in [-0.25, -0.2) is 0 Å². The van der Waals surface area contributed by atoms with Crippen LogP contribution in [0.15, 0.2) is 47.4 Å². The highest BCUT2D eigenvalue weighted by Crippen LogP contribution is 2.25. The van der Waals surface area contributed by atoms with E-state index >= 15 is 0 Å². The summed E-state index contributed by atoms with van der Waals surface area (Å²) >= 11 is 7.52. The number of hydrogen-bond acceptors (Lipinski definition) is 3. The lowest BCUT2D eigenvalue weighted by molar-refractivity contribution is -0.113. The van der Waals surface area contributed by atoms with Crippen LogP contribution in [0.4, 0.5) is 11.4 Å². The van der Waals surface area contributed by atoms with Gasteiger partial charge in [-0.15, -0.1) is 11.8 Å². The van der Waals surface area contributed by atoms with Crippen molar-refractivity contribution in [3.8, 4) is 0 Å². The van der Waals surface area contributed by atoms with Gasteiger partial charge in [-0.1, -0.05) is 29.8 Å². The summed E-state index contributed by atoms with van der Waals surface area (Å²) in [5, 5.41) is 3.22. The molecule has 3 nitrogen and oxygen atoms in total.